The van der Waals surface area contributed by atoms with E-state index in [0.717, 1.165) is 38.9 Å². The van der Waals surface area contributed by atoms with E-state index in [-0.39, 0.29) is 17.0 Å². The smallest absolute Gasteiger partial charge is 0.260 e. The molecule has 2 N–H and O–H groups in total. The predicted molar refractivity (Wildman–Crippen MR) is 74.2 cm³/mol. The van der Waals surface area contributed by atoms with Gasteiger partial charge in [0.15, 0.2) is 0 Å². The van der Waals surface area contributed by atoms with Crippen LogP contribution >= 0.6 is 0 Å². The number of carbonyl (C=O) groups is 1. The van der Waals surface area contributed by atoms with Crippen molar-refractivity contribution in [3.63, 3.8) is 0 Å². The van der Waals surface area contributed by atoms with Gasteiger partial charge in [-0.1, -0.05) is 0 Å². The molecule has 1 amide bonds. The summed E-state index contributed by atoms with van der Waals surface area (Å²) in [6.07, 6.45) is 4.75. The molecule has 1 saturated heterocycles. The second kappa shape index (κ2) is 6.52. The fourth-order valence-corrected chi connectivity index (χ4v) is 2.53. The zero-order valence-corrected chi connectivity index (χ0v) is 11.3. The van der Waals surface area contributed by atoms with Crippen LogP contribution in [0.5, 0.6) is 0 Å². The van der Waals surface area contributed by atoms with Crippen molar-refractivity contribution >= 4 is 5.91 Å². The normalized spacial score (nSPS) is 16.6. The van der Waals surface area contributed by atoms with Gasteiger partial charge in [-0.15, -0.1) is 0 Å². The van der Waals surface area contributed by atoms with Gasteiger partial charge < -0.3 is 15.2 Å². The van der Waals surface area contributed by atoms with E-state index in [1.807, 2.05) is 7.05 Å². The van der Waals surface area contributed by atoms with Crippen molar-refractivity contribution in [2.24, 2.45) is 5.92 Å². The van der Waals surface area contributed by atoms with E-state index >= 15 is 0 Å². The minimum atomic E-state index is -0.301. The second-order valence-corrected chi connectivity index (χ2v) is 5.04. The standard InChI is InChI=1S/C14H21N3O2/c1-15-8-4-11-5-9-17(10-6-11)14(19)12-3-2-7-16-13(12)18/h2-3,7,11,15H,4-6,8-10H2,1H3,(H,16,18). The van der Waals surface area contributed by atoms with Crippen LogP contribution in [0.25, 0.3) is 0 Å². The quantitative estimate of drug-likeness (QED) is 0.846. The molecule has 0 radical (unpaired) electrons. The Morgan fingerprint density at radius 3 is 2.84 bits per heavy atom. The van der Waals surface area contributed by atoms with Crippen LogP contribution in [0.15, 0.2) is 23.1 Å². The third-order valence-electron chi connectivity index (χ3n) is 3.75. The summed E-state index contributed by atoms with van der Waals surface area (Å²) >= 11 is 0. The maximum atomic E-state index is 12.2. The highest BCUT2D eigenvalue weighted by molar-refractivity contribution is 5.93. The van der Waals surface area contributed by atoms with Gasteiger partial charge >= 0.3 is 0 Å². The number of amides is 1. The van der Waals surface area contributed by atoms with E-state index in [1.54, 1.807) is 23.2 Å². The molecule has 0 bridgehead atoms. The molecule has 1 aliphatic rings. The van der Waals surface area contributed by atoms with Crippen molar-refractivity contribution in [1.29, 1.82) is 0 Å². The highest BCUT2D eigenvalue weighted by Crippen LogP contribution is 2.20. The summed E-state index contributed by atoms with van der Waals surface area (Å²) in [4.78, 5) is 28.2. The Bertz CT molecular complexity index is 476. The SMILES string of the molecule is CNCCC1CCN(C(=O)c2ccc[nH]c2=O)CC1. The number of nitrogens with one attached hydrogen (secondary N) is 2. The minimum Gasteiger partial charge on any atom is -0.338 e. The summed E-state index contributed by atoms with van der Waals surface area (Å²) in [5.41, 5.74) is -0.0546. The van der Waals surface area contributed by atoms with Crippen LogP contribution in [0.1, 0.15) is 29.6 Å². The number of aromatic nitrogens is 1. The first-order valence-corrected chi connectivity index (χ1v) is 6.84. The summed E-state index contributed by atoms with van der Waals surface area (Å²) in [5.74, 6) is 0.541. The number of aromatic amines is 1. The van der Waals surface area contributed by atoms with Gasteiger partial charge in [-0.05, 0) is 50.9 Å². The Kier molecular flexibility index (Phi) is 4.74. The summed E-state index contributed by atoms with van der Waals surface area (Å²) in [7, 11) is 1.96. The third-order valence-corrected chi connectivity index (χ3v) is 3.75. The van der Waals surface area contributed by atoms with E-state index < -0.39 is 0 Å². The van der Waals surface area contributed by atoms with Crippen LogP contribution in [0.3, 0.4) is 0 Å². The number of piperidine rings is 1. The fourth-order valence-electron chi connectivity index (χ4n) is 2.53. The molecule has 104 valence electrons. The maximum Gasteiger partial charge on any atom is 0.260 e. The lowest BCUT2D eigenvalue weighted by atomic mass is 9.93. The number of nitrogens with zero attached hydrogens (tertiary/aromatic N) is 1. The molecule has 0 unspecified atom stereocenters. The molecule has 1 fully saturated rings. The Morgan fingerprint density at radius 1 is 1.47 bits per heavy atom. The summed E-state index contributed by atoms with van der Waals surface area (Å²) in [5, 5.41) is 3.16. The number of carbonyl (C=O) groups excluding carboxylic acids is 1. The van der Waals surface area contributed by atoms with Gasteiger partial charge in [0.25, 0.3) is 11.5 Å². The average molecular weight is 263 g/mol. The van der Waals surface area contributed by atoms with Gasteiger partial charge in [0, 0.05) is 19.3 Å². The number of H-pyrrole nitrogens is 1. The van der Waals surface area contributed by atoms with Crippen LogP contribution < -0.4 is 10.9 Å². The van der Waals surface area contributed by atoms with Gasteiger partial charge in [0.2, 0.25) is 0 Å². The van der Waals surface area contributed by atoms with Crippen molar-refractivity contribution in [2.75, 3.05) is 26.7 Å². The first kappa shape index (κ1) is 13.8. The zero-order chi connectivity index (χ0) is 13.7. The lowest BCUT2D eigenvalue weighted by Crippen LogP contribution is -2.40. The Hall–Kier alpha value is -1.62. The number of rotatable bonds is 4. The lowest BCUT2D eigenvalue weighted by molar-refractivity contribution is 0.0685. The van der Waals surface area contributed by atoms with Crippen LogP contribution in [-0.4, -0.2) is 42.5 Å². The lowest BCUT2D eigenvalue weighted by Gasteiger charge is -2.31. The highest BCUT2D eigenvalue weighted by Gasteiger charge is 2.24. The van der Waals surface area contributed by atoms with Crippen molar-refractivity contribution in [3.8, 4) is 0 Å². The Morgan fingerprint density at radius 2 is 2.21 bits per heavy atom. The minimum absolute atomic E-state index is 0.145. The van der Waals surface area contributed by atoms with E-state index in [0.29, 0.717) is 5.92 Å². The molecular weight excluding hydrogens is 242 g/mol. The van der Waals surface area contributed by atoms with Crippen LogP contribution in [0, 0.1) is 5.92 Å². The molecule has 1 aliphatic heterocycles. The average Bonchev–Trinajstić information content (AvgIpc) is 2.45. The van der Waals surface area contributed by atoms with E-state index in [2.05, 4.69) is 10.3 Å². The van der Waals surface area contributed by atoms with E-state index in [4.69, 9.17) is 0 Å². The number of likely N-dealkylation sites (tertiary alicyclic amines) is 1. The highest BCUT2D eigenvalue weighted by atomic mass is 16.2. The van der Waals surface area contributed by atoms with Crippen LogP contribution in [0.2, 0.25) is 0 Å². The first-order valence-electron chi connectivity index (χ1n) is 6.84. The molecule has 19 heavy (non-hydrogen) atoms. The Balaban J connectivity index is 1.93. The number of hydrogen-bond donors (Lipinski definition) is 2. The molecule has 5 heteroatoms. The van der Waals surface area contributed by atoms with Gasteiger partial charge in [-0.25, -0.2) is 0 Å². The molecule has 0 saturated carbocycles. The molecule has 2 rings (SSSR count). The molecule has 0 atom stereocenters. The van der Waals surface area contributed by atoms with Crippen molar-refractivity contribution in [1.82, 2.24) is 15.2 Å². The fraction of sp³-hybridized carbons (Fsp3) is 0.571. The molecule has 0 aliphatic carbocycles. The predicted octanol–water partition coefficient (Wildman–Crippen LogP) is 0.837. The van der Waals surface area contributed by atoms with Gasteiger partial charge in [0.1, 0.15) is 5.56 Å². The Labute approximate surface area is 113 Å². The summed E-state index contributed by atoms with van der Waals surface area (Å²) in [6.45, 7) is 2.53. The molecule has 0 aromatic carbocycles. The largest absolute Gasteiger partial charge is 0.338 e. The molecular formula is C14H21N3O2. The maximum absolute atomic E-state index is 12.2. The van der Waals surface area contributed by atoms with Crippen LogP contribution in [0.4, 0.5) is 0 Å². The van der Waals surface area contributed by atoms with Gasteiger partial charge in [-0.2, -0.15) is 0 Å². The van der Waals surface area contributed by atoms with Crippen LogP contribution in [-0.2, 0) is 0 Å². The molecule has 0 spiro atoms. The monoisotopic (exact) mass is 263 g/mol. The second-order valence-electron chi connectivity index (χ2n) is 5.04. The molecule has 2 heterocycles. The zero-order valence-electron chi connectivity index (χ0n) is 11.3. The number of pyridine rings is 1. The van der Waals surface area contributed by atoms with Crippen molar-refractivity contribution in [2.45, 2.75) is 19.3 Å². The van der Waals surface area contributed by atoms with Crippen molar-refractivity contribution < 1.29 is 4.79 Å². The topological polar surface area (TPSA) is 65.2 Å². The summed E-state index contributed by atoms with van der Waals surface area (Å²) < 4.78 is 0. The van der Waals surface area contributed by atoms with E-state index in [9.17, 15) is 9.59 Å². The van der Waals surface area contributed by atoms with Crippen molar-refractivity contribution in [3.05, 3.63) is 34.2 Å². The van der Waals surface area contributed by atoms with Gasteiger partial charge in [0.05, 0.1) is 0 Å². The number of hydrogen-bond acceptors (Lipinski definition) is 3. The third kappa shape index (κ3) is 3.44. The van der Waals surface area contributed by atoms with Gasteiger partial charge in [-0.3, -0.25) is 9.59 Å². The molecule has 1 aromatic rings. The molecule has 1 aromatic heterocycles. The molecule has 5 nitrogen and oxygen atoms in total. The first-order chi connectivity index (χ1) is 9.22. The van der Waals surface area contributed by atoms with E-state index in [1.165, 1.54) is 0 Å². The summed E-state index contributed by atoms with van der Waals surface area (Å²) in [6, 6.07) is 3.28.